The van der Waals surface area contributed by atoms with Crippen LogP contribution < -0.4 is 19.3 Å². The third kappa shape index (κ3) is 8.23. The Morgan fingerprint density at radius 2 is 1.41 bits per heavy atom. The molecular formula is C41H56N8O5. The van der Waals surface area contributed by atoms with Gasteiger partial charge in [-0.3, -0.25) is 0 Å². The average molecular weight is 741 g/mol. The van der Waals surface area contributed by atoms with Crippen LogP contribution in [0.1, 0.15) is 59.3 Å². The molecule has 0 aliphatic carbocycles. The molecule has 8 rings (SSSR count). The van der Waals surface area contributed by atoms with Crippen LogP contribution in [0.3, 0.4) is 0 Å². The van der Waals surface area contributed by atoms with Crippen LogP contribution in [0.25, 0.3) is 22.5 Å². The van der Waals surface area contributed by atoms with Crippen LogP contribution in [-0.4, -0.2) is 107 Å². The number of methoxy groups -OCH3 is 1. The maximum atomic E-state index is 9.44. The lowest BCUT2D eigenvalue weighted by Gasteiger charge is -2.51. The van der Waals surface area contributed by atoms with Gasteiger partial charge in [0.2, 0.25) is 0 Å². The smallest absolute Gasteiger partial charge is 0.131 e. The van der Waals surface area contributed by atoms with E-state index in [0.717, 1.165) is 118 Å². The Kier molecular flexibility index (Phi) is 10.6. The van der Waals surface area contributed by atoms with E-state index >= 15 is 0 Å². The summed E-state index contributed by atoms with van der Waals surface area (Å²) in [6.45, 7) is 14.2. The van der Waals surface area contributed by atoms with Crippen molar-refractivity contribution in [2.75, 3.05) is 69.5 Å². The molecule has 4 aliphatic heterocycles. The lowest BCUT2D eigenvalue weighted by Crippen LogP contribution is -2.56. The van der Waals surface area contributed by atoms with Gasteiger partial charge in [-0.15, -0.1) is 10.2 Å². The molecule has 13 nitrogen and oxygen atoms in total. The van der Waals surface area contributed by atoms with Crippen LogP contribution in [0.15, 0.2) is 48.8 Å². The van der Waals surface area contributed by atoms with Crippen molar-refractivity contribution in [3.05, 3.63) is 48.8 Å². The number of aliphatic hydroxyl groups excluding tert-OH is 1. The molecule has 0 spiro atoms. The van der Waals surface area contributed by atoms with Gasteiger partial charge < -0.3 is 33.9 Å². The summed E-state index contributed by atoms with van der Waals surface area (Å²) in [6.07, 6.45) is 11.0. The number of ether oxygens (including phenoxy) is 4. The van der Waals surface area contributed by atoms with Crippen LogP contribution in [0, 0.1) is 16.7 Å². The zero-order chi connectivity index (χ0) is 37.3. The van der Waals surface area contributed by atoms with Gasteiger partial charge in [-0.1, -0.05) is 31.2 Å². The largest absolute Gasteiger partial charge is 0.496 e. The average Bonchev–Trinajstić information content (AvgIpc) is 3.82. The number of rotatable bonds is 14. The third-order valence-electron chi connectivity index (χ3n) is 11.5. The van der Waals surface area contributed by atoms with Crippen LogP contribution >= 0.6 is 0 Å². The summed E-state index contributed by atoms with van der Waals surface area (Å²) < 4.78 is 27.9. The summed E-state index contributed by atoms with van der Waals surface area (Å²) in [5.41, 5.74) is 6.27. The first-order valence-corrected chi connectivity index (χ1v) is 19.8. The van der Waals surface area contributed by atoms with E-state index in [0.29, 0.717) is 17.9 Å². The standard InChI is InChI=1S/C41H56N8O5/c1-40(2)25-46(26-40)31-10-13-35(39(18-31)53-16-14-50)37-23-49(45-43-37)21-33-11-8-29(24-54-33)19-41(3)27-47(28-41)30-9-12-34(38(17-30)51-4)36-22-48(44-42-36)20-32-7-5-6-15-52-32/h9-10,12-13,17-18,22-23,29,32-33,50H,5-8,11,14-16,19-21,24-28H2,1-4H3/t29?,32-,33-/m1/s1. The molecule has 13 heteroatoms. The highest BCUT2D eigenvalue weighted by atomic mass is 16.5. The fourth-order valence-corrected chi connectivity index (χ4v) is 8.89. The summed E-state index contributed by atoms with van der Waals surface area (Å²) in [4.78, 5) is 4.79. The number of benzene rings is 2. The lowest BCUT2D eigenvalue weighted by atomic mass is 9.73. The number of hydrogen-bond donors (Lipinski definition) is 1. The van der Waals surface area contributed by atoms with Gasteiger partial charge in [0.25, 0.3) is 0 Å². The molecule has 6 heterocycles. The molecule has 0 saturated carbocycles. The lowest BCUT2D eigenvalue weighted by molar-refractivity contribution is -0.0390. The fraction of sp³-hybridized carbons (Fsp3) is 0.610. The molecule has 4 saturated heterocycles. The van der Waals surface area contributed by atoms with Crippen LogP contribution in [0.2, 0.25) is 0 Å². The van der Waals surface area contributed by atoms with E-state index in [1.54, 1.807) is 7.11 Å². The monoisotopic (exact) mass is 740 g/mol. The molecular weight excluding hydrogens is 685 g/mol. The van der Waals surface area contributed by atoms with E-state index < -0.39 is 0 Å². The van der Waals surface area contributed by atoms with Gasteiger partial charge in [0.05, 0.1) is 51.4 Å². The SMILES string of the molecule is COc1cc(N2CC(C)(CC3CC[C@H](Cn4cc(-c5ccc(N6CC(C)(C)C6)cc5OCCO)nn4)OC3)C2)ccc1-c1cn(C[C@H]2CCCCO2)nn1. The highest BCUT2D eigenvalue weighted by Crippen LogP contribution is 2.43. The van der Waals surface area contributed by atoms with Crippen molar-refractivity contribution in [2.45, 2.75) is 84.6 Å². The topological polar surface area (TPSA) is 125 Å². The molecule has 54 heavy (non-hydrogen) atoms. The van der Waals surface area contributed by atoms with E-state index in [4.69, 9.17) is 18.9 Å². The maximum Gasteiger partial charge on any atom is 0.131 e. The zero-order valence-corrected chi connectivity index (χ0v) is 32.3. The van der Waals surface area contributed by atoms with Gasteiger partial charge in [0, 0.05) is 79.4 Å². The van der Waals surface area contributed by atoms with E-state index in [-0.39, 0.29) is 30.8 Å². The fourth-order valence-electron chi connectivity index (χ4n) is 8.89. The Hall–Kier alpha value is -4.20. The molecule has 0 radical (unpaired) electrons. The summed E-state index contributed by atoms with van der Waals surface area (Å²) in [5.74, 6) is 2.07. The van der Waals surface area contributed by atoms with Crippen molar-refractivity contribution in [3.63, 3.8) is 0 Å². The van der Waals surface area contributed by atoms with E-state index in [1.807, 2.05) is 21.8 Å². The molecule has 0 bridgehead atoms. The van der Waals surface area contributed by atoms with E-state index in [2.05, 4.69) is 87.6 Å². The molecule has 1 N–H and O–H groups in total. The number of hydrogen-bond acceptors (Lipinski definition) is 11. The molecule has 4 aliphatic rings. The Labute approximate surface area is 318 Å². The first-order chi connectivity index (χ1) is 26.2. The number of anilines is 2. The third-order valence-corrected chi connectivity index (χ3v) is 11.5. The van der Waals surface area contributed by atoms with Crippen LogP contribution in [0.5, 0.6) is 11.5 Å². The predicted molar refractivity (Wildman–Crippen MR) is 207 cm³/mol. The number of nitrogens with zero attached hydrogens (tertiary/aromatic N) is 8. The van der Waals surface area contributed by atoms with Crippen molar-refractivity contribution in [2.24, 2.45) is 16.7 Å². The molecule has 2 aromatic carbocycles. The van der Waals surface area contributed by atoms with Crippen molar-refractivity contribution in [1.82, 2.24) is 30.0 Å². The van der Waals surface area contributed by atoms with Gasteiger partial charge in [-0.2, -0.15) is 0 Å². The van der Waals surface area contributed by atoms with Gasteiger partial charge in [0.15, 0.2) is 0 Å². The Balaban J connectivity index is 0.814. The Morgan fingerprint density at radius 3 is 1.98 bits per heavy atom. The Morgan fingerprint density at radius 1 is 0.778 bits per heavy atom. The zero-order valence-electron chi connectivity index (χ0n) is 32.3. The summed E-state index contributed by atoms with van der Waals surface area (Å²) >= 11 is 0. The predicted octanol–water partition coefficient (Wildman–Crippen LogP) is 5.71. The molecule has 3 atom stereocenters. The molecule has 1 unspecified atom stereocenters. The number of aromatic nitrogens is 6. The Bertz CT molecular complexity index is 1860. The van der Waals surface area contributed by atoms with Crippen molar-refractivity contribution >= 4 is 11.4 Å². The maximum absolute atomic E-state index is 9.44. The molecule has 4 aromatic rings. The molecule has 4 fully saturated rings. The van der Waals surface area contributed by atoms with Crippen molar-refractivity contribution in [1.29, 1.82) is 0 Å². The van der Waals surface area contributed by atoms with E-state index in [9.17, 15) is 5.11 Å². The first-order valence-electron chi connectivity index (χ1n) is 19.8. The van der Waals surface area contributed by atoms with Gasteiger partial charge in [-0.25, -0.2) is 9.36 Å². The van der Waals surface area contributed by atoms with Gasteiger partial charge in [-0.05, 0) is 74.1 Å². The highest BCUT2D eigenvalue weighted by molar-refractivity contribution is 5.72. The van der Waals surface area contributed by atoms with Crippen molar-refractivity contribution in [3.8, 4) is 34.0 Å². The minimum atomic E-state index is -0.0443. The quantitative estimate of drug-likeness (QED) is 0.171. The van der Waals surface area contributed by atoms with Gasteiger partial charge >= 0.3 is 0 Å². The second-order valence-electron chi connectivity index (χ2n) is 17.1. The minimum absolute atomic E-state index is 0.0443. The normalized spacial score (nSPS) is 23.5. The van der Waals surface area contributed by atoms with Crippen LogP contribution in [0.4, 0.5) is 11.4 Å². The van der Waals surface area contributed by atoms with E-state index in [1.165, 1.54) is 12.1 Å². The van der Waals surface area contributed by atoms with Crippen LogP contribution in [-0.2, 0) is 22.6 Å². The molecule has 2 aromatic heterocycles. The highest BCUT2D eigenvalue weighted by Gasteiger charge is 2.41. The molecule has 290 valence electrons. The second kappa shape index (κ2) is 15.5. The van der Waals surface area contributed by atoms with Gasteiger partial charge in [0.1, 0.15) is 29.5 Å². The minimum Gasteiger partial charge on any atom is -0.496 e. The second-order valence-corrected chi connectivity index (χ2v) is 17.1. The number of aliphatic hydroxyl groups is 1. The summed E-state index contributed by atoms with van der Waals surface area (Å²) in [7, 11) is 1.72. The van der Waals surface area contributed by atoms with Crippen molar-refractivity contribution < 1.29 is 24.1 Å². The molecule has 0 amide bonds. The summed E-state index contributed by atoms with van der Waals surface area (Å²) in [6, 6.07) is 12.7. The first kappa shape index (κ1) is 36.8. The summed E-state index contributed by atoms with van der Waals surface area (Å²) in [5, 5.41) is 27.2.